The minimum absolute atomic E-state index is 0. The Morgan fingerprint density at radius 2 is 1.91 bits per heavy atom. The quantitative estimate of drug-likeness (QED) is 0.227. The number of rotatable bonds is 10. The number of halogens is 1. The molecule has 1 unspecified atom stereocenters. The monoisotopic (exact) mass is 561 g/mol. The molecule has 3 N–H and O–H groups in total. The van der Waals surface area contributed by atoms with Crippen molar-refractivity contribution in [3.8, 4) is 11.5 Å². The molecule has 9 nitrogen and oxygen atoms in total. The fourth-order valence-corrected chi connectivity index (χ4v) is 3.59. The van der Waals surface area contributed by atoms with Crippen LogP contribution in [0.2, 0.25) is 0 Å². The summed E-state index contributed by atoms with van der Waals surface area (Å²) < 4.78 is 16.4. The zero-order chi connectivity index (χ0) is 22.1. The second kappa shape index (κ2) is 13.7. The van der Waals surface area contributed by atoms with Gasteiger partial charge in [-0.05, 0) is 37.5 Å². The number of morpholine rings is 1. The van der Waals surface area contributed by atoms with Crippen molar-refractivity contribution in [3.05, 3.63) is 23.8 Å². The topological polar surface area (TPSA) is 96.5 Å². The largest absolute Gasteiger partial charge is 0.493 e. The van der Waals surface area contributed by atoms with Gasteiger partial charge in [0.2, 0.25) is 5.91 Å². The number of hydrogen-bond acceptors (Lipinski definition) is 6. The molecule has 10 heteroatoms. The van der Waals surface area contributed by atoms with Gasteiger partial charge in [-0.1, -0.05) is 6.07 Å². The second-order valence-electron chi connectivity index (χ2n) is 7.70. The van der Waals surface area contributed by atoms with Gasteiger partial charge in [-0.2, -0.15) is 0 Å². The molecule has 1 atom stereocenters. The van der Waals surface area contributed by atoms with Gasteiger partial charge in [-0.3, -0.25) is 9.69 Å². The van der Waals surface area contributed by atoms with Gasteiger partial charge >= 0.3 is 0 Å². The molecule has 1 aromatic carbocycles. The Morgan fingerprint density at radius 3 is 2.53 bits per heavy atom. The standard InChI is InChI=1S/C22H35N5O4.HI/c1-4-23-22(25-15-21(28)26-17-6-7-17)24-14-18(27-9-11-31-12-10-27)16-5-8-19(29-2)20(13-16)30-3;/h5,8,13,17-18H,4,6-7,9-12,14-15H2,1-3H3,(H,26,28)(H2,23,24,25);1H. The lowest BCUT2D eigenvalue weighted by molar-refractivity contribution is -0.119. The molecule has 0 radical (unpaired) electrons. The van der Waals surface area contributed by atoms with Crippen LogP contribution in [-0.4, -0.2) is 83.0 Å². The predicted octanol–water partition coefficient (Wildman–Crippen LogP) is 1.53. The molecule has 1 aliphatic heterocycles. The summed E-state index contributed by atoms with van der Waals surface area (Å²) in [7, 11) is 3.28. The Balaban J connectivity index is 0.00000363. The molecule has 2 aliphatic rings. The summed E-state index contributed by atoms with van der Waals surface area (Å²) >= 11 is 0. The van der Waals surface area contributed by atoms with E-state index in [1.165, 1.54) is 0 Å². The minimum atomic E-state index is -0.0377. The fraction of sp³-hybridized carbons (Fsp3) is 0.636. The van der Waals surface area contributed by atoms with Crippen LogP contribution in [0, 0.1) is 0 Å². The highest BCUT2D eigenvalue weighted by Gasteiger charge is 2.25. The summed E-state index contributed by atoms with van der Waals surface area (Å²) in [6.07, 6.45) is 2.14. The number of carbonyl (C=O) groups excluding carboxylic acids is 1. The zero-order valence-corrected chi connectivity index (χ0v) is 21.5. The van der Waals surface area contributed by atoms with E-state index >= 15 is 0 Å². The number of amides is 1. The van der Waals surface area contributed by atoms with Crippen molar-refractivity contribution in [2.75, 3.05) is 60.2 Å². The average Bonchev–Trinajstić information content (AvgIpc) is 3.62. The van der Waals surface area contributed by atoms with Crippen molar-refractivity contribution in [2.24, 2.45) is 4.99 Å². The second-order valence-corrected chi connectivity index (χ2v) is 7.70. The number of guanidine groups is 1. The molecule has 0 aromatic heterocycles. The first-order valence-electron chi connectivity index (χ1n) is 11.0. The molecule has 0 bridgehead atoms. The van der Waals surface area contributed by atoms with Crippen LogP contribution >= 0.6 is 24.0 Å². The lowest BCUT2D eigenvalue weighted by atomic mass is 10.0. The van der Waals surface area contributed by atoms with Gasteiger partial charge in [0.05, 0.1) is 33.5 Å². The molecule has 180 valence electrons. The van der Waals surface area contributed by atoms with Crippen molar-refractivity contribution >= 4 is 35.8 Å². The SMILES string of the molecule is CCNC(=NCC(=O)NC1CC1)NCC(c1ccc(OC)c(OC)c1)N1CCOCC1.I. The minimum Gasteiger partial charge on any atom is -0.493 e. The number of carbonyl (C=O) groups is 1. The number of benzene rings is 1. The molecule has 2 fully saturated rings. The predicted molar refractivity (Wildman–Crippen MR) is 135 cm³/mol. The number of aliphatic imine (C=N–C) groups is 1. The first kappa shape index (κ1) is 26.5. The van der Waals surface area contributed by atoms with Crippen molar-refractivity contribution in [3.63, 3.8) is 0 Å². The normalized spacial score (nSPS) is 17.7. The van der Waals surface area contributed by atoms with E-state index in [1.54, 1.807) is 14.2 Å². The summed E-state index contributed by atoms with van der Waals surface area (Å²) in [6, 6.07) is 6.45. The molecular weight excluding hydrogens is 525 g/mol. The van der Waals surface area contributed by atoms with Crippen LogP contribution < -0.4 is 25.4 Å². The molecule has 1 aromatic rings. The Labute approximate surface area is 207 Å². The lowest BCUT2D eigenvalue weighted by Gasteiger charge is -2.35. The third kappa shape index (κ3) is 7.96. The maximum Gasteiger partial charge on any atom is 0.242 e. The van der Waals surface area contributed by atoms with Crippen LogP contribution in [0.15, 0.2) is 23.2 Å². The van der Waals surface area contributed by atoms with Crippen LogP contribution in [0.1, 0.15) is 31.4 Å². The van der Waals surface area contributed by atoms with Crippen LogP contribution in [0.5, 0.6) is 11.5 Å². The van der Waals surface area contributed by atoms with E-state index < -0.39 is 0 Å². The third-order valence-electron chi connectivity index (χ3n) is 5.41. The van der Waals surface area contributed by atoms with Crippen molar-refractivity contribution in [1.82, 2.24) is 20.9 Å². The van der Waals surface area contributed by atoms with Gasteiger partial charge in [0.1, 0.15) is 6.54 Å². The lowest BCUT2D eigenvalue weighted by Crippen LogP contribution is -2.46. The van der Waals surface area contributed by atoms with Crippen LogP contribution in [0.4, 0.5) is 0 Å². The molecular formula is C22H36IN5O4. The van der Waals surface area contributed by atoms with Gasteiger partial charge in [-0.15, -0.1) is 24.0 Å². The Morgan fingerprint density at radius 1 is 1.19 bits per heavy atom. The molecule has 1 saturated heterocycles. The Kier molecular flexibility index (Phi) is 11.3. The van der Waals surface area contributed by atoms with E-state index in [1.807, 2.05) is 19.1 Å². The first-order valence-corrected chi connectivity index (χ1v) is 11.0. The highest BCUT2D eigenvalue weighted by Crippen LogP contribution is 2.32. The molecule has 3 rings (SSSR count). The summed E-state index contributed by atoms with van der Waals surface area (Å²) in [6.45, 7) is 6.58. The van der Waals surface area contributed by atoms with Gasteiger partial charge in [-0.25, -0.2) is 4.99 Å². The summed E-state index contributed by atoms with van der Waals surface area (Å²) in [5, 5.41) is 9.61. The van der Waals surface area contributed by atoms with Crippen molar-refractivity contribution in [2.45, 2.75) is 31.8 Å². The van der Waals surface area contributed by atoms with E-state index in [2.05, 4.69) is 31.9 Å². The van der Waals surface area contributed by atoms with E-state index in [-0.39, 0.29) is 42.5 Å². The number of hydrogen-bond donors (Lipinski definition) is 3. The van der Waals surface area contributed by atoms with E-state index in [0.717, 1.165) is 31.5 Å². The summed E-state index contributed by atoms with van der Waals surface area (Å²) in [5.74, 6) is 2.00. The van der Waals surface area contributed by atoms with Crippen LogP contribution in [-0.2, 0) is 9.53 Å². The zero-order valence-electron chi connectivity index (χ0n) is 19.2. The highest BCUT2D eigenvalue weighted by atomic mass is 127. The van der Waals surface area contributed by atoms with Crippen molar-refractivity contribution in [1.29, 1.82) is 0 Å². The molecule has 1 amide bonds. The molecule has 1 aliphatic carbocycles. The number of ether oxygens (including phenoxy) is 3. The van der Waals surface area contributed by atoms with Gasteiger partial charge in [0, 0.05) is 32.2 Å². The summed E-state index contributed by atoms with van der Waals surface area (Å²) in [5.41, 5.74) is 1.12. The summed E-state index contributed by atoms with van der Waals surface area (Å²) in [4.78, 5) is 18.9. The smallest absolute Gasteiger partial charge is 0.242 e. The Hall–Kier alpha value is -1.79. The van der Waals surface area contributed by atoms with Gasteiger partial charge < -0.3 is 30.2 Å². The van der Waals surface area contributed by atoms with E-state index in [9.17, 15) is 4.79 Å². The van der Waals surface area contributed by atoms with E-state index in [4.69, 9.17) is 14.2 Å². The molecule has 1 heterocycles. The third-order valence-corrected chi connectivity index (χ3v) is 5.41. The van der Waals surface area contributed by atoms with Gasteiger partial charge in [0.25, 0.3) is 0 Å². The van der Waals surface area contributed by atoms with Gasteiger partial charge in [0.15, 0.2) is 17.5 Å². The molecule has 0 spiro atoms. The Bertz CT molecular complexity index is 754. The van der Waals surface area contributed by atoms with E-state index in [0.29, 0.717) is 49.8 Å². The molecule has 1 saturated carbocycles. The maximum atomic E-state index is 12.0. The fourth-order valence-electron chi connectivity index (χ4n) is 3.59. The van der Waals surface area contributed by atoms with Crippen LogP contribution in [0.25, 0.3) is 0 Å². The van der Waals surface area contributed by atoms with Crippen LogP contribution in [0.3, 0.4) is 0 Å². The molecule has 32 heavy (non-hydrogen) atoms. The number of nitrogens with one attached hydrogen (secondary N) is 3. The number of methoxy groups -OCH3 is 2. The number of nitrogens with zero attached hydrogens (tertiary/aromatic N) is 2. The first-order chi connectivity index (χ1) is 15.1. The average molecular weight is 561 g/mol. The maximum absolute atomic E-state index is 12.0. The van der Waals surface area contributed by atoms with Crippen molar-refractivity contribution < 1.29 is 19.0 Å². The highest BCUT2D eigenvalue weighted by molar-refractivity contribution is 14.0.